The van der Waals surface area contributed by atoms with Crippen LogP contribution in [-0.4, -0.2) is 30.1 Å². The molecule has 1 aliphatic rings. The molecule has 0 aromatic heterocycles. The van der Waals surface area contributed by atoms with Crippen LogP contribution in [0.1, 0.15) is 39.3 Å². The number of hydrogen-bond acceptors (Lipinski definition) is 6. The Morgan fingerprint density at radius 1 is 1.37 bits per heavy atom. The number of nitro groups is 1. The minimum Gasteiger partial charge on any atom is -0.487 e. The molecule has 146 valence electrons. The lowest BCUT2D eigenvalue weighted by Crippen LogP contribution is -2.45. The summed E-state index contributed by atoms with van der Waals surface area (Å²) >= 11 is 0. The highest BCUT2D eigenvalue weighted by atomic mass is 16.6. The topological polar surface area (TPSA) is 120 Å². The van der Waals surface area contributed by atoms with E-state index in [1.54, 1.807) is 19.9 Å². The van der Waals surface area contributed by atoms with Gasteiger partial charge >= 0.3 is 17.7 Å². The molecule has 1 heterocycles. The molecule has 27 heavy (non-hydrogen) atoms. The number of nitrogens with one attached hydrogen (secondary N) is 2. The Balaban J connectivity index is 2.45. The van der Waals surface area contributed by atoms with Crippen LogP contribution in [0.5, 0.6) is 5.75 Å². The molecule has 1 unspecified atom stereocenters. The molecular weight excluding hydrogens is 354 g/mol. The van der Waals surface area contributed by atoms with Gasteiger partial charge in [-0.25, -0.2) is 9.59 Å². The highest BCUT2D eigenvalue weighted by Crippen LogP contribution is 2.34. The number of esters is 1. The normalized spacial score (nSPS) is 16.6. The number of nitrogens with zero attached hydrogens (tertiary/aromatic N) is 1. The lowest BCUT2D eigenvalue weighted by Gasteiger charge is -2.28. The predicted molar refractivity (Wildman–Crippen MR) is 97.2 cm³/mol. The van der Waals surface area contributed by atoms with Gasteiger partial charge in [0.25, 0.3) is 0 Å². The Bertz CT molecular complexity index is 787. The zero-order valence-corrected chi connectivity index (χ0v) is 15.7. The lowest BCUT2D eigenvalue weighted by atomic mass is 9.95. The molecule has 1 aromatic rings. The summed E-state index contributed by atoms with van der Waals surface area (Å²) in [6.07, 6.45) is 0. The van der Waals surface area contributed by atoms with E-state index in [1.807, 2.05) is 13.8 Å². The first-order valence-electron chi connectivity index (χ1n) is 8.61. The zero-order valence-electron chi connectivity index (χ0n) is 15.7. The maximum Gasteiger partial charge on any atom is 0.338 e. The quantitative estimate of drug-likeness (QED) is 0.428. The van der Waals surface area contributed by atoms with E-state index in [4.69, 9.17) is 9.47 Å². The maximum atomic E-state index is 12.6. The average Bonchev–Trinajstić information content (AvgIpc) is 2.59. The minimum atomic E-state index is -0.868. The Kier molecular flexibility index (Phi) is 6.38. The van der Waals surface area contributed by atoms with Crippen molar-refractivity contribution in [3.8, 4) is 5.75 Å². The minimum absolute atomic E-state index is 0.121. The molecule has 0 spiro atoms. The number of carbonyl (C=O) groups is 2. The second-order valence-corrected chi connectivity index (χ2v) is 6.48. The summed E-state index contributed by atoms with van der Waals surface area (Å²) in [7, 11) is 0. The molecule has 0 bridgehead atoms. The Labute approximate surface area is 156 Å². The fraction of sp³-hybridized carbons (Fsp3) is 0.444. The highest BCUT2D eigenvalue weighted by Gasteiger charge is 2.33. The molecule has 0 fully saturated rings. The number of hydrogen-bond donors (Lipinski definition) is 2. The number of ether oxygens (including phenoxy) is 2. The van der Waals surface area contributed by atoms with E-state index in [2.05, 4.69) is 10.6 Å². The summed E-state index contributed by atoms with van der Waals surface area (Å²) in [6.45, 7) is 7.61. The molecule has 1 aromatic carbocycles. The smallest absolute Gasteiger partial charge is 0.338 e. The third-order valence-corrected chi connectivity index (χ3v) is 3.85. The molecule has 9 nitrogen and oxygen atoms in total. The van der Waals surface area contributed by atoms with E-state index in [1.165, 1.54) is 12.1 Å². The van der Waals surface area contributed by atoms with Crippen LogP contribution in [0, 0.1) is 16.0 Å². The van der Waals surface area contributed by atoms with E-state index >= 15 is 0 Å². The van der Waals surface area contributed by atoms with Crippen molar-refractivity contribution in [3.05, 3.63) is 45.1 Å². The first-order valence-corrected chi connectivity index (χ1v) is 8.61. The van der Waals surface area contributed by atoms with Crippen LogP contribution >= 0.6 is 0 Å². The molecule has 1 aliphatic heterocycles. The summed E-state index contributed by atoms with van der Waals surface area (Å²) in [6, 6.07) is 2.96. The molecule has 0 saturated carbocycles. The number of benzene rings is 1. The van der Waals surface area contributed by atoms with Crippen molar-refractivity contribution in [2.45, 2.75) is 33.7 Å². The third-order valence-electron chi connectivity index (χ3n) is 3.85. The summed E-state index contributed by atoms with van der Waals surface area (Å²) < 4.78 is 10.6. The zero-order chi connectivity index (χ0) is 20.1. The maximum absolute atomic E-state index is 12.6. The molecule has 0 radical (unpaired) electrons. The number of urea groups is 1. The van der Waals surface area contributed by atoms with Gasteiger partial charge in [0.15, 0.2) is 5.75 Å². The number of allylic oxidation sites excluding steroid dienone is 1. The molecular formula is C18H23N3O6. The first-order chi connectivity index (χ1) is 12.7. The fourth-order valence-electron chi connectivity index (χ4n) is 2.67. The van der Waals surface area contributed by atoms with Gasteiger partial charge in [0.1, 0.15) is 0 Å². The van der Waals surface area contributed by atoms with Crippen LogP contribution in [0.4, 0.5) is 10.5 Å². The van der Waals surface area contributed by atoms with Crippen LogP contribution in [-0.2, 0) is 9.53 Å². The van der Waals surface area contributed by atoms with Gasteiger partial charge in [-0.2, -0.15) is 0 Å². The second kappa shape index (κ2) is 8.52. The van der Waals surface area contributed by atoms with Gasteiger partial charge in [0, 0.05) is 11.8 Å². The van der Waals surface area contributed by atoms with Gasteiger partial charge in [-0.05, 0) is 31.4 Å². The van der Waals surface area contributed by atoms with Crippen LogP contribution in [0.25, 0.3) is 0 Å². The van der Waals surface area contributed by atoms with Gasteiger partial charge in [-0.1, -0.05) is 19.9 Å². The molecule has 2 rings (SSSR count). The Hall–Kier alpha value is -3.10. The number of nitro benzene ring substituents is 1. The predicted octanol–water partition coefficient (Wildman–Crippen LogP) is 2.82. The van der Waals surface area contributed by atoms with Crippen molar-refractivity contribution in [2.24, 2.45) is 5.92 Å². The lowest BCUT2D eigenvalue weighted by molar-refractivity contribution is -0.385. The van der Waals surface area contributed by atoms with Crippen LogP contribution in [0.3, 0.4) is 0 Å². The van der Waals surface area contributed by atoms with Gasteiger partial charge in [0.2, 0.25) is 0 Å². The van der Waals surface area contributed by atoms with Crippen molar-refractivity contribution in [1.29, 1.82) is 0 Å². The van der Waals surface area contributed by atoms with Gasteiger partial charge in [-0.3, -0.25) is 10.1 Å². The second-order valence-electron chi connectivity index (χ2n) is 6.48. The van der Waals surface area contributed by atoms with Crippen molar-refractivity contribution in [2.75, 3.05) is 13.2 Å². The third kappa shape index (κ3) is 4.75. The Morgan fingerprint density at radius 2 is 2.07 bits per heavy atom. The van der Waals surface area contributed by atoms with Crippen LogP contribution in [0.15, 0.2) is 29.5 Å². The first kappa shape index (κ1) is 20.2. The van der Waals surface area contributed by atoms with Crippen LogP contribution in [0.2, 0.25) is 0 Å². The van der Waals surface area contributed by atoms with Crippen molar-refractivity contribution >= 4 is 17.7 Å². The highest BCUT2D eigenvalue weighted by molar-refractivity contribution is 5.95. The molecule has 1 atom stereocenters. The van der Waals surface area contributed by atoms with E-state index in [0.29, 0.717) is 11.3 Å². The van der Waals surface area contributed by atoms with Crippen molar-refractivity contribution in [1.82, 2.24) is 10.6 Å². The summed E-state index contributed by atoms with van der Waals surface area (Å²) in [5.41, 5.74) is 0.688. The van der Waals surface area contributed by atoms with Gasteiger partial charge in [0.05, 0.1) is 29.8 Å². The van der Waals surface area contributed by atoms with E-state index in [9.17, 15) is 19.7 Å². The number of rotatable bonds is 7. The molecule has 9 heteroatoms. The molecule has 2 amide bonds. The SMILES string of the molecule is CCOc1ccc(C2NC(=O)NC(C)=C2C(=O)OCC(C)C)cc1[N+](=O)[O-]. The van der Waals surface area contributed by atoms with E-state index in [-0.39, 0.29) is 36.1 Å². The van der Waals surface area contributed by atoms with Gasteiger partial charge in [-0.15, -0.1) is 0 Å². The summed E-state index contributed by atoms with van der Waals surface area (Å²) in [4.78, 5) is 35.3. The number of carbonyl (C=O) groups excluding carboxylic acids is 2. The fourth-order valence-corrected chi connectivity index (χ4v) is 2.67. The average molecular weight is 377 g/mol. The molecule has 2 N–H and O–H groups in total. The number of amides is 2. The Morgan fingerprint density at radius 3 is 2.67 bits per heavy atom. The van der Waals surface area contributed by atoms with Crippen molar-refractivity contribution < 1.29 is 24.0 Å². The molecule has 0 aliphatic carbocycles. The monoisotopic (exact) mass is 377 g/mol. The van der Waals surface area contributed by atoms with Crippen molar-refractivity contribution in [3.63, 3.8) is 0 Å². The van der Waals surface area contributed by atoms with Crippen LogP contribution < -0.4 is 15.4 Å². The van der Waals surface area contributed by atoms with E-state index in [0.717, 1.165) is 0 Å². The summed E-state index contributed by atoms with van der Waals surface area (Å²) in [5, 5.41) is 16.5. The summed E-state index contributed by atoms with van der Waals surface area (Å²) in [5.74, 6) is -0.322. The van der Waals surface area contributed by atoms with Gasteiger partial charge < -0.3 is 20.1 Å². The van der Waals surface area contributed by atoms with E-state index < -0.39 is 23.0 Å². The standard InChI is InChI=1S/C18H23N3O6/c1-5-26-14-7-6-12(8-13(14)21(24)25)16-15(11(4)19-18(23)20-16)17(22)27-9-10(2)3/h6-8,10,16H,5,9H2,1-4H3,(H2,19,20,23). The molecule has 0 saturated heterocycles. The largest absolute Gasteiger partial charge is 0.487 e.